The van der Waals surface area contributed by atoms with Gasteiger partial charge in [0.05, 0.1) is 11.8 Å². The van der Waals surface area contributed by atoms with E-state index >= 15 is 0 Å². The summed E-state index contributed by atoms with van der Waals surface area (Å²) in [6, 6.07) is 4.45. The van der Waals surface area contributed by atoms with Crippen LogP contribution < -0.4 is 10.5 Å². The summed E-state index contributed by atoms with van der Waals surface area (Å²) in [4.78, 5) is 6.64. The minimum Gasteiger partial charge on any atom is -0.431 e. The molecule has 2 aromatic heterocycles. The van der Waals surface area contributed by atoms with E-state index in [-0.39, 0.29) is 17.6 Å². The molecule has 3 aliphatic rings. The number of methoxy groups -OCH3 is 1. The van der Waals surface area contributed by atoms with Crippen LogP contribution in [0, 0.1) is 11.8 Å². The third kappa shape index (κ3) is 3.85. The average molecular weight is 448 g/mol. The molecule has 5 rings (SSSR count). The first-order valence-corrected chi connectivity index (χ1v) is 11.4. The number of fused-ring (bicyclic) bond motifs is 1. The Bertz CT molecular complexity index is 969. The number of nitrogens with two attached hydrogens (primary N) is 1. The normalized spacial score (nSPS) is 29.8. The van der Waals surface area contributed by atoms with Crippen molar-refractivity contribution in [3.63, 3.8) is 0 Å². The Morgan fingerprint density at radius 2 is 1.94 bits per heavy atom. The Hall–Kier alpha value is -2.26. The second-order valence-corrected chi connectivity index (χ2v) is 9.60. The Kier molecular flexibility index (Phi) is 5.57. The van der Waals surface area contributed by atoms with E-state index in [1.54, 1.807) is 13.3 Å². The van der Waals surface area contributed by atoms with Gasteiger partial charge in [-0.25, -0.2) is 4.98 Å². The topological polar surface area (TPSA) is 78.4 Å². The van der Waals surface area contributed by atoms with Crippen molar-refractivity contribution in [3.8, 4) is 17.0 Å². The van der Waals surface area contributed by atoms with Crippen molar-refractivity contribution in [1.29, 1.82) is 0 Å². The lowest BCUT2D eigenvalue weighted by Crippen LogP contribution is -2.33. The number of rotatable bonds is 7. The molecule has 3 fully saturated rings. The van der Waals surface area contributed by atoms with Crippen molar-refractivity contribution in [3.05, 3.63) is 24.0 Å². The summed E-state index contributed by atoms with van der Waals surface area (Å²) in [5.74, 6) is 1.70. The molecule has 2 aliphatic carbocycles. The molecule has 2 aromatic rings. The Labute approximate surface area is 186 Å². The minimum absolute atomic E-state index is 0.0574. The number of ether oxygens (including phenoxy) is 2. The second kappa shape index (κ2) is 8.26. The Morgan fingerprint density at radius 1 is 1.19 bits per heavy atom. The molecule has 2 saturated carbocycles. The number of hydrogen-bond donors (Lipinski definition) is 1. The van der Waals surface area contributed by atoms with Crippen LogP contribution in [0.4, 0.5) is 14.6 Å². The molecule has 0 spiro atoms. The van der Waals surface area contributed by atoms with E-state index in [0.717, 1.165) is 19.5 Å². The van der Waals surface area contributed by atoms with Crippen LogP contribution in [0.5, 0.6) is 5.75 Å². The quantitative estimate of drug-likeness (QED) is 0.693. The number of nitrogens with zero attached hydrogens (tertiary/aromatic N) is 4. The molecule has 2 unspecified atom stereocenters. The summed E-state index contributed by atoms with van der Waals surface area (Å²) < 4.78 is 37.5. The number of alkyl halides is 2. The third-order valence-electron chi connectivity index (χ3n) is 7.44. The number of nitrogen functional groups attached to an aromatic ring is 1. The minimum atomic E-state index is -2.95. The Morgan fingerprint density at radius 3 is 2.56 bits per heavy atom. The highest BCUT2D eigenvalue weighted by Crippen LogP contribution is 2.64. The van der Waals surface area contributed by atoms with Gasteiger partial charge in [0.25, 0.3) is 0 Å². The van der Waals surface area contributed by atoms with Crippen LogP contribution in [0.15, 0.2) is 18.3 Å². The standard InChI is InChI=1S/C23H31F2N5O2/c1-12(2)30-19(9-18(28-30)13-6-20(32-23(24)25)22(26)27-10-13)21-16-7-14(8-17(16)21)29-5-4-15(11-29)31-3/h6,9-10,12,14-17,21,23H,4-5,7-8,11H2,1-3H3,(H2,26,27)/t14?,15-,16-,17+,21?/m0/s1. The molecule has 0 aromatic carbocycles. The lowest BCUT2D eigenvalue weighted by atomic mass is 10.0. The molecular formula is C23H31F2N5O2. The van der Waals surface area contributed by atoms with Gasteiger partial charge in [-0.1, -0.05) is 0 Å². The average Bonchev–Trinajstić information content (AvgIpc) is 3.23. The highest BCUT2D eigenvalue weighted by molar-refractivity contribution is 5.64. The molecular weight excluding hydrogens is 416 g/mol. The summed E-state index contributed by atoms with van der Waals surface area (Å²) in [6.45, 7) is 3.46. The van der Waals surface area contributed by atoms with Gasteiger partial charge in [-0.05, 0) is 57.1 Å². The van der Waals surface area contributed by atoms with Crippen LogP contribution in [0.25, 0.3) is 11.3 Å². The van der Waals surface area contributed by atoms with Crippen LogP contribution in [-0.4, -0.2) is 58.6 Å². The maximum absolute atomic E-state index is 12.7. The monoisotopic (exact) mass is 447 g/mol. The van der Waals surface area contributed by atoms with Gasteiger partial charge in [0.2, 0.25) is 0 Å². The van der Waals surface area contributed by atoms with E-state index in [9.17, 15) is 8.78 Å². The molecule has 174 valence electrons. The molecule has 0 amide bonds. The Balaban J connectivity index is 1.34. The summed E-state index contributed by atoms with van der Waals surface area (Å²) in [5.41, 5.74) is 8.26. The zero-order valence-corrected chi connectivity index (χ0v) is 18.7. The number of aromatic nitrogens is 3. The summed E-state index contributed by atoms with van der Waals surface area (Å²) in [5, 5.41) is 4.80. The number of pyridine rings is 1. The fourth-order valence-corrected chi connectivity index (χ4v) is 5.83. The van der Waals surface area contributed by atoms with Gasteiger partial charge in [0, 0.05) is 55.7 Å². The summed E-state index contributed by atoms with van der Waals surface area (Å²) in [7, 11) is 1.81. The van der Waals surface area contributed by atoms with E-state index in [1.165, 1.54) is 24.6 Å². The maximum atomic E-state index is 12.7. The van der Waals surface area contributed by atoms with Crippen molar-refractivity contribution < 1.29 is 18.3 Å². The second-order valence-electron chi connectivity index (χ2n) is 9.60. The van der Waals surface area contributed by atoms with E-state index < -0.39 is 6.61 Å². The van der Waals surface area contributed by atoms with Crippen molar-refractivity contribution in [2.75, 3.05) is 25.9 Å². The lowest BCUT2D eigenvalue weighted by molar-refractivity contribution is -0.0494. The smallest absolute Gasteiger partial charge is 0.387 e. The van der Waals surface area contributed by atoms with Gasteiger partial charge < -0.3 is 15.2 Å². The highest BCUT2D eigenvalue weighted by atomic mass is 19.3. The van der Waals surface area contributed by atoms with Gasteiger partial charge >= 0.3 is 6.61 Å². The van der Waals surface area contributed by atoms with Crippen molar-refractivity contribution >= 4 is 5.82 Å². The molecule has 0 bridgehead atoms. The van der Waals surface area contributed by atoms with E-state index in [0.29, 0.717) is 41.2 Å². The van der Waals surface area contributed by atoms with Gasteiger partial charge in [-0.15, -0.1) is 0 Å². The fraction of sp³-hybridized carbons (Fsp3) is 0.652. The zero-order chi connectivity index (χ0) is 22.6. The summed E-state index contributed by atoms with van der Waals surface area (Å²) >= 11 is 0. The zero-order valence-electron chi connectivity index (χ0n) is 18.7. The van der Waals surface area contributed by atoms with Crippen LogP contribution >= 0.6 is 0 Å². The van der Waals surface area contributed by atoms with E-state index in [2.05, 4.69) is 39.2 Å². The number of anilines is 1. The molecule has 2 N–H and O–H groups in total. The van der Waals surface area contributed by atoms with Gasteiger partial charge in [0.1, 0.15) is 0 Å². The van der Waals surface area contributed by atoms with E-state index in [1.807, 2.05) is 0 Å². The molecule has 1 aliphatic heterocycles. The van der Waals surface area contributed by atoms with Crippen LogP contribution in [0.3, 0.4) is 0 Å². The summed E-state index contributed by atoms with van der Waals surface area (Å²) in [6.07, 6.45) is 5.51. The molecule has 9 heteroatoms. The van der Waals surface area contributed by atoms with Crippen molar-refractivity contribution in [2.45, 2.75) is 63.8 Å². The van der Waals surface area contributed by atoms with Gasteiger partial charge in [0.15, 0.2) is 11.6 Å². The van der Waals surface area contributed by atoms with Gasteiger partial charge in [-0.2, -0.15) is 13.9 Å². The molecule has 0 radical (unpaired) electrons. The van der Waals surface area contributed by atoms with E-state index in [4.69, 9.17) is 15.6 Å². The molecule has 1 saturated heterocycles. The number of halogens is 2. The molecule has 32 heavy (non-hydrogen) atoms. The van der Waals surface area contributed by atoms with Crippen LogP contribution in [0.2, 0.25) is 0 Å². The molecule has 3 heterocycles. The number of hydrogen-bond acceptors (Lipinski definition) is 6. The largest absolute Gasteiger partial charge is 0.431 e. The molecule has 7 nitrogen and oxygen atoms in total. The number of likely N-dealkylation sites (tertiary alicyclic amines) is 1. The predicted octanol–water partition coefficient (Wildman–Crippen LogP) is 3.92. The fourth-order valence-electron chi connectivity index (χ4n) is 5.83. The SMILES string of the molecule is CO[C@H]1CCN(C2C[C@@H]3C(c4cc(-c5cnc(N)c(OC(F)F)c5)nn4C(C)C)[C@@H]3C2)C1. The van der Waals surface area contributed by atoms with Crippen molar-refractivity contribution in [1.82, 2.24) is 19.7 Å². The highest BCUT2D eigenvalue weighted by Gasteiger charge is 2.59. The first kappa shape index (κ1) is 21.6. The van der Waals surface area contributed by atoms with Crippen LogP contribution in [-0.2, 0) is 4.74 Å². The maximum Gasteiger partial charge on any atom is 0.387 e. The predicted molar refractivity (Wildman–Crippen MR) is 117 cm³/mol. The van der Waals surface area contributed by atoms with Gasteiger partial charge in [-0.3, -0.25) is 9.58 Å². The van der Waals surface area contributed by atoms with Crippen molar-refractivity contribution in [2.24, 2.45) is 11.8 Å². The molecule has 5 atom stereocenters. The van der Waals surface area contributed by atoms with Crippen LogP contribution in [0.1, 0.15) is 50.8 Å². The first-order chi connectivity index (χ1) is 15.4. The first-order valence-electron chi connectivity index (χ1n) is 11.4. The lowest BCUT2D eigenvalue weighted by Gasteiger charge is -2.26. The third-order valence-corrected chi connectivity index (χ3v) is 7.44.